The van der Waals surface area contributed by atoms with Crippen molar-refractivity contribution in [3.8, 4) is 0 Å². The first-order valence-electron chi connectivity index (χ1n) is 5.31. The maximum Gasteiger partial charge on any atom is 0.409 e. The van der Waals surface area contributed by atoms with E-state index >= 15 is 0 Å². The zero-order chi connectivity index (χ0) is 10.9. The molecule has 0 rings (SSSR count). The highest BCUT2D eigenvalue weighted by Crippen LogP contribution is 2.36. The summed E-state index contributed by atoms with van der Waals surface area (Å²) < 4.78 is 35.2. The van der Waals surface area contributed by atoms with Gasteiger partial charge in [0.05, 0.1) is 0 Å². The normalized spacial score (nSPS) is 12.9. The van der Waals surface area contributed by atoms with Crippen LogP contribution in [0.4, 0.5) is 13.2 Å². The van der Waals surface area contributed by atoms with Crippen LogP contribution in [0.1, 0.15) is 51.9 Å². The molecule has 0 saturated heterocycles. The number of alkyl halides is 3. The van der Waals surface area contributed by atoms with Crippen molar-refractivity contribution < 1.29 is 13.2 Å². The minimum Gasteiger partial charge on any atom is -0.167 e. The van der Waals surface area contributed by atoms with Gasteiger partial charge in [0.15, 0.2) is 0 Å². The Balaban J connectivity index is 2.99. The lowest BCUT2D eigenvalue weighted by Gasteiger charge is -2.04. The minimum atomic E-state index is -3.98. The Morgan fingerprint density at radius 2 is 1.36 bits per heavy atom. The van der Waals surface area contributed by atoms with Crippen LogP contribution >= 0.6 is 8.58 Å². The van der Waals surface area contributed by atoms with Crippen LogP contribution in [0.2, 0.25) is 0 Å². The van der Waals surface area contributed by atoms with E-state index in [1.54, 1.807) is 0 Å². The molecule has 0 heterocycles. The van der Waals surface area contributed by atoms with E-state index in [1.807, 2.05) is 0 Å². The predicted molar refractivity (Wildman–Crippen MR) is 55.8 cm³/mol. The first kappa shape index (κ1) is 14.2. The van der Waals surface area contributed by atoms with Gasteiger partial charge in [-0.3, -0.25) is 0 Å². The molecule has 0 spiro atoms. The lowest BCUT2D eigenvalue weighted by atomic mass is 10.1. The third kappa shape index (κ3) is 12.2. The number of unbranched alkanes of at least 4 members (excludes halogenated alkanes) is 6. The monoisotopic (exact) mass is 227 g/mol. The van der Waals surface area contributed by atoms with Gasteiger partial charge < -0.3 is 0 Å². The van der Waals surface area contributed by atoms with Crippen LogP contribution in [-0.4, -0.2) is 12.1 Å². The Hall–Kier alpha value is 0.220. The molecule has 14 heavy (non-hydrogen) atoms. The van der Waals surface area contributed by atoms with Crippen LogP contribution in [-0.2, 0) is 0 Å². The molecule has 0 N–H and O–H groups in total. The number of rotatable bonds is 8. The minimum absolute atomic E-state index is 0.275. The van der Waals surface area contributed by atoms with Crippen LogP contribution in [0.15, 0.2) is 0 Å². The van der Waals surface area contributed by atoms with E-state index in [2.05, 4.69) is 6.92 Å². The van der Waals surface area contributed by atoms with Gasteiger partial charge in [-0.15, -0.1) is 0 Å². The molecule has 0 saturated carbocycles. The van der Waals surface area contributed by atoms with E-state index in [9.17, 15) is 13.2 Å². The molecule has 0 fully saturated rings. The first-order chi connectivity index (χ1) is 6.56. The maximum absolute atomic E-state index is 11.7. The summed E-state index contributed by atoms with van der Waals surface area (Å²) in [6, 6.07) is 0. The highest BCUT2D eigenvalue weighted by atomic mass is 31.1. The fourth-order valence-corrected chi connectivity index (χ4v) is 1.91. The van der Waals surface area contributed by atoms with Gasteiger partial charge in [0, 0.05) is 8.58 Å². The van der Waals surface area contributed by atoms with Crippen molar-refractivity contribution >= 4 is 8.58 Å². The van der Waals surface area contributed by atoms with Crippen LogP contribution < -0.4 is 0 Å². The van der Waals surface area contributed by atoms with Crippen LogP contribution in [0.25, 0.3) is 0 Å². The molecule has 0 aliphatic heterocycles. The highest BCUT2D eigenvalue weighted by molar-refractivity contribution is 7.39. The second-order valence-corrected chi connectivity index (χ2v) is 4.74. The lowest BCUT2D eigenvalue weighted by molar-refractivity contribution is -0.0371. The molecule has 1 radical (unpaired) electrons. The summed E-state index contributed by atoms with van der Waals surface area (Å²) in [5, 5.41) is 0. The third-order valence-electron chi connectivity index (χ3n) is 2.05. The molecule has 0 unspecified atom stereocenters. The van der Waals surface area contributed by atoms with Crippen molar-refractivity contribution in [2.24, 2.45) is 0 Å². The van der Waals surface area contributed by atoms with Gasteiger partial charge in [0.25, 0.3) is 0 Å². The summed E-state index contributed by atoms with van der Waals surface area (Å²) in [7, 11) is -0.372. The van der Waals surface area contributed by atoms with E-state index in [0.29, 0.717) is 6.42 Å². The summed E-state index contributed by atoms with van der Waals surface area (Å²) in [6.45, 7) is 2.15. The maximum atomic E-state index is 11.7. The SMILES string of the molecule is CCCCCCCCC[P]C(F)(F)F. The predicted octanol–water partition coefficient (Wildman–Crippen LogP) is 5.20. The highest BCUT2D eigenvalue weighted by Gasteiger charge is 2.26. The molecular weight excluding hydrogens is 208 g/mol. The number of hydrogen-bond donors (Lipinski definition) is 0. The molecule has 85 valence electrons. The molecule has 0 aliphatic rings. The van der Waals surface area contributed by atoms with Gasteiger partial charge in [0.2, 0.25) is 0 Å². The van der Waals surface area contributed by atoms with E-state index in [4.69, 9.17) is 0 Å². The summed E-state index contributed by atoms with van der Waals surface area (Å²) in [6.07, 6.45) is 7.91. The Bertz CT molecular complexity index is 123. The molecule has 0 aromatic heterocycles. The molecule has 4 heteroatoms. The van der Waals surface area contributed by atoms with Crippen molar-refractivity contribution in [1.29, 1.82) is 0 Å². The largest absolute Gasteiger partial charge is 0.409 e. The topological polar surface area (TPSA) is 0 Å². The van der Waals surface area contributed by atoms with Gasteiger partial charge in [-0.1, -0.05) is 45.4 Å². The lowest BCUT2D eigenvalue weighted by Crippen LogP contribution is -1.98. The standard InChI is InChI=1S/C10H19F3P/c1-2-3-4-5-6-7-8-9-14-10(11,12)13/h2-9H2,1H3. The van der Waals surface area contributed by atoms with E-state index in [-0.39, 0.29) is 14.7 Å². The fraction of sp³-hybridized carbons (Fsp3) is 1.00. The average Bonchev–Trinajstić information content (AvgIpc) is 2.08. The smallest absolute Gasteiger partial charge is 0.167 e. The average molecular weight is 227 g/mol. The van der Waals surface area contributed by atoms with Gasteiger partial charge in [-0.25, -0.2) is 0 Å². The molecular formula is C10H19F3P. The second-order valence-electron chi connectivity index (χ2n) is 3.47. The Kier molecular flexibility index (Phi) is 8.66. The Labute approximate surface area is 86.4 Å². The van der Waals surface area contributed by atoms with E-state index in [1.165, 1.54) is 25.7 Å². The summed E-state index contributed by atoms with van der Waals surface area (Å²) in [4.78, 5) is 0. The van der Waals surface area contributed by atoms with Gasteiger partial charge in [-0.2, -0.15) is 13.2 Å². The van der Waals surface area contributed by atoms with Crippen molar-refractivity contribution in [3.63, 3.8) is 0 Å². The first-order valence-corrected chi connectivity index (χ1v) is 6.39. The quantitative estimate of drug-likeness (QED) is 0.394. The molecule has 0 aliphatic carbocycles. The Morgan fingerprint density at radius 3 is 1.86 bits per heavy atom. The zero-order valence-electron chi connectivity index (χ0n) is 8.74. The number of halogens is 3. The molecule has 0 aromatic carbocycles. The second kappa shape index (κ2) is 8.52. The third-order valence-corrected chi connectivity index (χ3v) is 2.95. The molecule has 0 nitrogen and oxygen atoms in total. The Morgan fingerprint density at radius 1 is 0.857 bits per heavy atom. The molecule has 0 atom stereocenters. The van der Waals surface area contributed by atoms with Gasteiger partial charge in [-0.05, 0) is 12.6 Å². The number of hydrogen-bond acceptors (Lipinski definition) is 0. The van der Waals surface area contributed by atoms with E-state index in [0.717, 1.165) is 12.8 Å². The van der Waals surface area contributed by atoms with Crippen LogP contribution in [0.5, 0.6) is 0 Å². The van der Waals surface area contributed by atoms with Gasteiger partial charge >= 0.3 is 5.92 Å². The van der Waals surface area contributed by atoms with Crippen molar-refractivity contribution in [2.45, 2.75) is 57.8 Å². The molecule has 0 aromatic rings. The van der Waals surface area contributed by atoms with Crippen LogP contribution in [0, 0.1) is 0 Å². The van der Waals surface area contributed by atoms with Crippen LogP contribution in [0.3, 0.4) is 0 Å². The zero-order valence-corrected chi connectivity index (χ0v) is 9.63. The van der Waals surface area contributed by atoms with Crippen molar-refractivity contribution in [3.05, 3.63) is 0 Å². The molecule has 0 amide bonds. The summed E-state index contributed by atoms with van der Waals surface area (Å²) in [5.41, 5.74) is 0. The summed E-state index contributed by atoms with van der Waals surface area (Å²) >= 11 is 0. The molecule has 0 bridgehead atoms. The van der Waals surface area contributed by atoms with Crippen molar-refractivity contribution in [2.75, 3.05) is 6.16 Å². The fourth-order valence-electron chi connectivity index (χ4n) is 1.27. The van der Waals surface area contributed by atoms with Crippen molar-refractivity contribution in [1.82, 2.24) is 0 Å². The van der Waals surface area contributed by atoms with Gasteiger partial charge in [0.1, 0.15) is 0 Å². The summed E-state index contributed by atoms with van der Waals surface area (Å²) in [5.74, 6) is -3.98. The van der Waals surface area contributed by atoms with E-state index < -0.39 is 5.92 Å².